The molecule has 4 aromatic rings. The fourth-order valence-corrected chi connectivity index (χ4v) is 7.70. The van der Waals surface area contributed by atoms with E-state index in [0.717, 1.165) is 41.8 Å². The minimum atomic E-state index is 0.910. The van der Waals surface area contributed by atoms with Gasteiger partial charge in [0.25, 0.3) is 0 Å². The van der Waals surface area contributed by atoms with Crippen LogP contribution in [0.5, 0.6) is 0 Å². The standard InChI is InChI=1S/C32H44N2.2C8H9.Ni/c1-4-7-10-11-12-13-20-30-25-31(28-21-14-18-26(23-28)16-8-5-2)34(33)32(30)29-22-15-19-27(24-29)17-9-6-3;2*1-2-8-6-4-3-5-7-8;/h14-15,18-19,21-25H,4-13,16-17,20H2,1-3H3;2*3-7H,1-2H2;. The van der Waals surface area contributed by atoms with Gasteiger partial charge in [-0.3, -0.25) is 0 Å². The van der Waals surface area contributed by atoms with Crippen molar-refractivity contribution in [2.75, 3.05) is 0 Å². The Hall–Kier alpha value is -3.55. The summed E-state index contributed by atoms with van der Waals surface area (Å²) in [5, 5.41) is 2.48. The topological polar surface area (TPSA) is 25.3 Å². The normalized spacial score (nSPS) is 12.6. The van der Waals surface area contributed by atoms with Crippen molar-refractivity contribution in [2.45, 2.75) is 128 Å². The average Bonchev–Trinajstić information content (AvgIpc) is 3.51. The molecule has 1 heterocycles. The Morgan fingerprint density at radius 2 is 0.961 bits per heavy atom. The number of allylic oxidation sites excluding steroid dienone is 2. The van der Waals surface area contributed by atoms with Crippen molar-refractivity contribution in [1.82, 2.24) is 0 Å². The first kappa shape index (κ1) is 40.2. The van der Waals surface area contributed by atoms with Gasteiger partial charge >= 0.3 is 110 Å². The first-order valence-corrected chi connectivity index (χ1v) is 21.2. The van der Waals surface area contributed by atoms with Crippen LogP contribution in [-0.4, -0.2) is 4.70 Å². The molecule has 2 nitrogen and oxygen atoms in total. The van der Waals surface area contributed by atoms with E-state index < -0.39 is 0 Å². The second-order valence-corrected chi connectivity index (χ2v) is 15.3. The van der Waals surface area contributed by atoms with E-state index >= 15 is 0 Å². The third kappa shape index (κ3) is 14.2. The van der Waals surface area contributed by atoms with Gasteiger partial charge in [0.05, 0.1) is 0 Å². The molecular weight excluding hydrogens is 663 g/mol. The molecule has 0 saturated heterocycles. The molecular formula is C48H62N2Ni. The molecule has 0 saturated carbocycles. The van der Waals surface area contributed by atoms with Crippen LogP contribution in [0.1, 0.15) is 125 Å². The summed E-state index contributed by atoms with van der Waals surface area (Å²) in [6, 6.07) is 39.0. The van der Waals surface area contributed by atoms with E-state index in [1.54, 1.807) is 0 Å². The number of nitrogens with zero attached hydrogens (tertiary/aromatic N) is 2. The molecule has 5 rings (SSSR count). The molecule has 0 aliphatic carbocycles. The molecule has 274 valence electrons. The minimum absolute atomic E-state index is 0.910. The maximum absolute atomic E-state index is 11.4. The molecule has 0 atom stereocenters. The number of unbranched alkanes of at least 4 members (excludes halogenated alkanes) is 7. The van der Waals surface area contributed by atoms with Crippen LogP contribution < -0.4 is 0 Å². The SMILES string of the molecule is CCCCCCCCC1=C(c2cccc(CCCC)c2)[N+](=[N-])C(c2cccc(CCCC)c2)=C1.c1ccc(C[CH2][Ni][CH2]Cc2ccccc2)cc1. The molecule has 0 spiro atoms. The summed E-state index contributed by atoms with van der Waals surface area (Å²) in [5.41, 5.74) is 22.4. The summed E-state index contributed by atoms with van der Waals surface area (Å²) in [4.78, 5) is 0. The van der Waals surface area contributed by atoms with Crippen LogP contribution >= 0.6 is 0 Å². The summed E-state index contributed by atoms with van der Waals surface area (Å²) in [5.74, 6) is 0. The summed E-state index contributed by atoms with van der Waals surface area (Å²) in [6.45, 7) is 6.74. The molecule has 3 heteroatoms. The fraction of sp³-hybridized carbons (Fsp3) is 0.417. The zero-order valence-electron chi connectivity index (χ0n) is 31.7. The molecule has 1 aliphatic rings. The molecule has 0 unspecified atom stereocenters. The van der Waals surface area contributed by atoms with Gasteiger partial charge in [-0.25, -0.2) is 4.70 Å². The van der Waals surface area contributed by atoms with Crippen molar-refractivity contribution in [1.29, 1.82) is 0 Å². The molecule has 0 bridgehead atoms. The average molecular weight is 726 g/mol. The van der Waals surface area contributed by atoms with E-state index in [0.29, 0.717) is 0 Å². The van der Waals surface area contributed by atoms with Crippen LogP contribution in [0.3, 0.4) is 0 Å². The Bertz CT molecular complexity index is 1590. The summed E-state index contributed by atoms with van der Waals surface area (Å²) in [7, 11) is 0. The van der Waals surface area contributed by atoms with Crippen molar-refractivity contribution in [3.8, 4) is 0 Å². The van der Waals surface area contributed by atoms with Crippen LogP contribution in [0.15, 0.2) is 121 Å². The molecule has 4 aromatic carbocycles. The van der Waals surface area contributed by atoms with Gasteiger partial charge in [0.1, 0.15) is 0 Å². The van der Waals surface area contributed by atoms with Gasteiger partial charge in [-0.15, -0.1) is 0 Å². The first-order chi connectivity index (χ1) is 25.1. The molecule has 0 fully saturated rings. The molecule has 51 heavy (non-hydrogen) atoms. The third-order valence-electron chi connectivity index (χ3n) is 9.56. The Labute approximate surface area is 316 Å². The predicted octanol–water partition coefficient (Wildman–Crippen LogP) is 14.3. The van der Waals surface area contributed by atoms with Crippen LogP contribution in [0.4, 0.5) is 0 Å². The quantitative estimate of drug-likeness (QED) is 0.0464. The summed E-state index contributed by atoms with van der Waals surface area (Å²) >= 11 is 1.86. The monoisotopic (exact) mass is 724 g/mol. The van der Waals surface area contributed by atoms with Crippen molar-refractivity contribution < 1.29 is 19.1 Å². The van der Waals surface area contributed by atoms with Gasteiger partial charge < -0.3 is 5.53 Å². The number of aryl methyl sites for hydroxylation is 4. The van der Waals surface area contributed by atoms with Crippen LogP contribution in [0.2, 0.25) is 10.8 Å². The molecule has 0 amide bonds. The number of rotatable bonds is 21. The van der Waals surface area contributed by atoms with Gasteiger partial charge in [-0.1, -0.05) is 90.0 Å². The molecule has 0 radical (unpaired) electrons. The Morgan fingerprint density at radius 1 is 0.471 bits per heavy atom. The Balaban J connectivity index is 0.000000286. The summed E-state index contributed by atoms with van der Waals surface area (Å²) < 4.78 is 1.46. The zero-order valence-corrected chi connectivity index (χ0v) is 32.7. The van der Waals surface area contributed by atoms with Gasteiger partial charge in [0, 0.05) is 22.8 Å². The Morgan fingerprint density at radius 3 is 1.53 bits per heavy atom. The fourth-order valence-electron chi connectivity index (χ4n) is 6.54. The molecule has 0 aromatic heterocycles. The first-order valence-electron chi connectivity index (χ1n) is 19.8. The third-order valence-corrected chi connectivity index (χ3v) is 10.8. The van der Waals surface area contributed by atoms with E-state index in [2.05, 4.69) is 136 Å². The zero-order chi connectivity index (χ0) is 35.9. The number of hydrogen-bond donors (Lipinski definition) is 0. The van der Waals surface area contributed by atoms with Crippen molar-refractivity contribution >= 4 is 11.4 Å². The van der Waals surface area contributed by atoms with E-state index in [1.807, 2.05) is 14.4 Å². The molecule has 1 aliphatic heterocycles. The Kier molecular flexibility index (Phi) is 18.8. The van der Waals surface area contributed by atoms with Crippen molar-refractivity contribution in [2.24, 2.45) is 0 Å². The maximum atomic E-state index is 11.4. The second kappa shape index (κ2) is 23.8. The predicted molar refractivity (Wildman–Crippen MR) is 217 cm³/mol. The van der Waals surface area contributed by atoms with Gasteiger partial charge in [0.2, 0.25) is 11.4 Å². The van der Waals surface area contributed by atoms with Crippen LogP contribution in [-0.2, 0) is 40.1 Å². The van der Waals surface area contributed by atoms with E-state index in [9.17, 15) is 5.53 Å². The van der Waals surface area contributed by atoms with E-state index in [1.165, 1.54) is 120 Å². The van der Waals surface area contributed by atoms with Gasteiger partial charge in [-0.05, 0) is 73.9 Å². The van der Waals surface area contributed by atoms with Crippen molar-refractivity contribution in [3.63, 3.8) is 0 Å². The van der Waals surface area contributed by atoms with Gasteiger partial charge in [0.15, 0.2) is 0 Å². The van der Waals surface area contributed by atoms with Crippen LogP contribution in [0, 0.1) is 0 Å². The summed E-state index contributed by atoms with van der Waals surface area (Å²) in [6.07, 6.45) is 20.3. The van der Waals surface area contributed by atoms with Gasteiger partial charge in [-0.2, -0.15) is 0 Å². The van der Waals surface area contributed by atoms with E-state index in [-0.39, 0.29) is 0 Å². The second-order valence-electron chi connectivity index (χ2n) is 13.8. The number of benzene rings is 4. The number of hydrogen-bond acceptors (Lipinski definition) is 0. The van der Waals surface area contributed by atoms with Crippen molar-refractivity contribution in [3.05, 3.63) is 160 Å². The molecule has 0 N–H and O–H groups in total. The van der Waals surface area contributed by atoms with E-state index in [4.69, 9.17) is 0 Å². The van der Waals surface area contributed by atoms with Crippen LogP contribution in [0.25, 0.3) is 16.9 Å².